The topological polar surface area (TPSA) is 73.6 Å². The van der Waals surface area contributed by atoms with Gasteiger partial charge in [-0.15, -0.1) is 0 Å². The van der Waals surface area contributed by atoms with Crippen molar-refractivity contribution in [3.05, 3.63) is 59.5 Å². The average Bonchev–Trinajstić information content (AvgIpc) is 3.23. The average molecular weight is 338 g/mol. The SMILES string of the molecule is COCCc1nc2ccc(C(=O)NC3COc4ccccc43)cc2o1. The van der Waals surface area contributed by atoms with E-state index in [9.17, 15) is 4.79 Å². The zero-order valence-electron chi connectivity index (χ0n) is 13.8. The number of ether oxygens (including phenoxy) is 2. The van der Waals surface area contributed by atoms with Crippen LogP contribution in [0.25, 0.3) is 11.1 Å². The maximum Gasteiger partial charge on any atom is 0.252 e. The Bertz CT molecular complexity index is 919. The van der Waals surface area contributed by atoms with Crippen molar-refractivity contribution in [2.75, 3.05) is 20.3 Å². The summed E-state index contributed by atoms with van der Waals surface area (Å²) in [4.78, 5) is 17.0. The maximum atomic E-state index is 12.6. The first-order valence-electron chi connectivity index (χ1n) is 8.15. The molecular formula is C19H18N2O4. The number of fused-ring (bicyclic) bond motifs is 2. The predicted molar refractivity (Wildman–Crippen MR) is 91.7 cm³/mol. The third-order valence-electron chi connectivity index (χ3n) is 4.22. The fraction of sp³-hybridized carbons (Fsp3) is 0.263. The lowest BCUT2D eigenvalue weighted by molar-refractivity contribution is 0.0930. The molecule has 128 valence electrons. The summed E-state index contributed by atoms with van der Waals surface area (Å²) in [6.45, 7) is 0.984. The summed E-state index contributed by atoms with van der Waals surface area (Å²) in [5.41, 5.74) is 2.86. The highest BCUT2D eigenvalue weighted by Crippen LogP contribution is 2.31. The third-order valence-corrected chi connectivity index (χ3v) is 4.22. The summed E-state index contributed by atoms with van der Waals surface area (Å²) in [6.07, 6.45) is 0.600. The quantitative estimate of drug-likeness (QED) is 0.774. The standard InChI is InChI=1S/C19H18N2O4/c1-23-9-8-18-20-14-7-6-12(10-17(14)25-18)19(22)21-15-11-24-16-5-3-2-4-13(15)16/h2-7,10,15H,8-9,11H2,1H3,(H,21,22). The Kier molecular flexibility index (Phi) is 4.11. The van der Waals surface area contributed by atoms with E-state index >= 15 is 0 Å². The molecule has 1 unspecified atom stereocenters. The smallest absolute Gasteiger partial charge is 0.252 e. The van der Waals surface area contributed by atoms with Crippen LogP contribution in [0.3, 0.4) is 0 Å². The van der Waals surface area contributed by atoms with Crippen molar-refractivity contribution < 1.29 is 18.7 Å². The van der Waals surface area contributed by atoms with E-state index in [1.807, 2.05) is 24.3 Å². The van der Waals surface area contributed by atoms with Crippen LogP contribution in [-0.4, -0.2) is 31.2 Å². The second-order valence-electron chi connectivity index (χ2n) is 5.91. The van der Waals surface area contributed by atoms with Crippen molar-refractivity contribution in [2.24, 2.45) is 0 Å². The Hall–Kier alpha value is -2.86. The fourth-order valence-corrected chi connectivity index (χ4v) is 2.93. The molecule has 1 amide bonds. The van der Waals surface area contributed by atoms with Gasteiger partial charge in [-0.1, -0.05) is 18.2 Å². The maximum absolute atomic E-state index is 12.6. The largest absolute Gasteiger partial charge is 0.491 e. The number of carbonyl (C=O) groups is 1. The molecule has 0 aliphatic carbocycles. The summed E-state index contributed by atoms with van der Waals surface area (Å²) >= 11 is 0. The highest BCUT2D eigenvalue weighted by molar-refractivity contribution is 5.97. The number of carbonyl (C=O) groups excluding carboxylic acids is 1. The van der Waals surface area contributed by atoms with Crippen LogP contribution in [0.5, 0.6) is 5.75 Å². The molecule has 6 heteroatoms. The van der Waals surface area contributed by atoms with E-state index in [1.165, 1.54) is 0 Å². The number of aromatic nitrogens is 1. The second-order valence-corrected chi connectivity index (χ2v) is 5.91. The molecule has 25 heavy (non-hydrogen) atoms. The number of methoxy groups -OCH3 is 1. The van der Waals surface area contributed by atoms with E-state index in [0.29, 0.717) is 36.7 Å². The van der Waals surface area contributed by atoms with E-state index in [-0.39, 0.29) is 11.9 Å². The Morgan fingerprint density at radius 2 is 2.20 bits per heavy atom. The minimum absolute atomic E-state index is 0.147. The number of rotatable bonds is 5. The lowest BCUT2D eigenvalue weighted by Gasteiger charge is -2.11. The van der Waals surface area contributed by atoms with Gasteiger partial charge in [0, 0.05) is 24.7 Å². The molecular weight excluding hydrogens is 320 g/mol. The van der Waals surface area contributed by atoms with Gasteiger partial charge in [0.2, 0.25) is 0 Å². The molecule has 3 aromatic rings. The number of nitrogens with one attached hydrogen (secondary N) is 1. The Morgan fingerprint density at radius 1 is 1.32 bits per heavy atom. The summed E-state index contributed by atoms with van der Waals surface area (Å²) in [6, 6.07) is 12.8. The van der Waals surface area contributed by atoms with Crippen LogP contribution in [0, 0.1) is 0 Å². The van der Waals surface area contributed by atoms with Gasteiger partial charge >= 0.3 is 0 Å². The van der Waals surface area contributed by atoms with Crippen LogP contribution in [0.4, 0.5) is 0 Å². The molecule has 1 aromatic heterocycles. The highest BCUT2D eigenvalue weighted by Gasteiger charge is 2.25. The number of amides is 1. The van der Waals surface area contributed by atoms with Crippen molar-refractivity contribution in [1.82, 2.24) is 10.3 Å². The summed E-state index contributed by atoms with van der Waals surface area (Å²) in [5.74, 6) is 1.26. The summed E-state index contributed by atoms with van der Waals surface area (Å²) in [7, 11) is 1.63. The predicted octanol–water partition coefficient (Wildman–Crippen LogP) is 2.88. The normalized spacial score (nSPS) is 15.8. The molecule has 0 spiro atoms. The molecule has 1 atom stereocenters. The van der Waals surface area contributed by atoms with Crippen molar-refractivity contribution in [2.45, 2.75) is 12.5 Å². The lowest BCUT2D eigenvalue weighted by Crippen LogP contribution is -2.29. The molecule has 6 nitrogen and oxygen atoms in total. The summed E-state index contributed by atoms with van der Waals surface area (Å²) in [5, 5.41) is 3.01. The number of hydrogen-bond donors (Lipinski definition) is 1. The first-order valence-corrected chi connectivity index (χ1v) is 8.15. The van der Waals surface area contributed by atoms with Gasteiger partial charge in [-0.05, 0) is 24.3 Å². The van der Waals surface area contributed by atoms with Gasteiger partial charge in [-0.25, -0.2) is 4.98 Å². The molecule has 4 rings (SSSR count). The van der Waals surface area contributed by atoms with E-state index in [2.05, 4.69) is 10.3 Å². The molecule has 1 aliphatic rings. The van der Waals surface area contributed by atoms with Gasteiger partial charge < -0.3 is 19.2 Å². The molecule has 2 heterocycles. The van der Waals surface area contributed by atoms with E-state index < -0.39 is 0 Å². The molecule has 1 aliphatic heterocycles. The number of benzene rings is 2. The van der Waals surface area contributed by atoms with E-state index in [1.54, 1.807) is 25.3 Å². The second kappa shape index (κ2) is 6.57. The third kappa shape index (κ3) is 3.08. The molecule has 0 saturated carbocycles. The van der Waals surface area contributed by atoms with Gasteiger partial charge in [0.05, 0.1) is 12.6 Å². The van der Waals surface area contributed by atoms with Gasteiger partial charge in [0.1, 0.15) is 17.9 Å². The number of oxazole rings is 1. The highest BCUT2D eigenvalue weighted by atomic mass is 16.5. The van der Waals surface area contributed by atoms with Crippen LogP contribution in [0.2, 0.25) is 0 Å². The Morgan fingerprint density at radius 3 is 3.08 bits per heavy atom. The van der Waals surface area contributed by atoms with E-state index in [4.69, 9.17) is 13.9 Å². The Labute approximate surface area is 144 Å². The number of para-hydroxylation sites is 1. The molecule has 0 saturated heterocycles. The van der Waals surface area contributed by atoms with Crippen LogP contribution in [-0.2, 0) is 11.2 Å². The van der Waals surface area contributed by atoms with Crippen LogP contribution >= 0.6 is 0 Å². The van der Waals surface area contributed by atoms with Crippen LogP contribution < -0.4 is 10.1 Å². The monoisotopic (exact) mass is 338 g/mol. The number of hydrogen-bond acceptors (Lipinski definition) is 5. The first-order chi connectivity index (χ1) is 12.2. The van der Waals surface area contributed by atoms with Crippen molar-refractivity contribution in [3.8, 4) is 5.75 Å². The molecule has 0 bridgehead atoms. The van der Waals surface area contributed by atoms with Crippen LogP contribution in [0.15, 0.2) is 46.9 Å². The first kappa shape index (κ1) is 15.7. The fourth-order valence-electron chi connectivity index (χ4n) is 2.93. The van der Waals surface area contributed by atoms with Crippen molar-refractivity contribution in [1.29, 1.82) is 0 Å². The molecule has 0 radical (unpaired) electrons. The Balaban J connectivity index is 1.52. The number of nitrogens with zero attached hydrogens (tertiary/aromatic N) is 1. The zero-order chi connectivity index (χ0) is 17.2. The van der Waals surface area contributed by atoms with Gasteiger partial charge in [0.25, 0.3) is 5.91 Å². The minimum Gasteiger partial charge on any atom is -0.491 e. The molecule has 2 aromatic carbocycles. The van der Waals surface area contributed by atoms with Crippen LogP contribution in [0.1, 0.15) is 27.9 Å². The zero-order valence-corrected chi connectivity index (χ0v) is 13.8. The van der Waals surface area contributed by atoms with Crippen molar-refractivity contribution >= 4 is 17.0 Å². The van der Waals surface area contributed by atoms with E-state index in [0.717, 1.165) is 16.8 Å². The van der Waals surface area contributed by atoms with Gasteiger partial charge in [0.15, 0.2) is 11.5 Å². The van der Waals surface area contributed by atoms with Crippen molar-refractivity contribution in [3.63, 3.8) is 0 Å². The lowest BCUT2D eigenvalue weighted by atomic mass is 10.1. The summed E-state index contributed by atoms with van der Waals surface area (Å²) < 4.78 is 16.3. The molecule has 1 N–H and O–H groups in total. The molecule has 0 fully saturated rings. The van der Waals surface area contributed by atoms with Gasteiger partial charge in [-0.2, -0.15) is 0 Å². The minimum atomic E-state index is -0.165. The van der Waals surface area contributed by atoms with Gasteiger partial charge in [-0.3, -0.25) is 4.79 Å².